The first kappa shape index (κ1) is 41.1. The van der Waals surface area contributed by atoms with Gasteiger partial charge in [-0.3, -0.25) is 14.2 Å². The SMILES string of the molecule is CCC(=O)Nc1cc(N=Nc2ccc(S(=O)(=O)Nc3cc(C(=O)[O-])cc(C(=O)[O-])c3)cc2C#N)c2c(NS(C)(=O)=O)cccc2c1O.[Na+].[Na+]. The van der Waals surface area contributed by atoms with E-state index in [0.29, 0.717) is 0 Å². The topological polar surface area (TPSA) is 270 Å². The summed E-state index contributed by atoms with van der Waals surface area (Å²) in [5.74, 6) is -4.37. The Balaban J connectivity index is 0.00000417. The van der Waals surface area contributed by atoms with Crippen LogP contribution in [0.2, 0.25) is 0 Å². The van der Waals surface area contributed by atoms with Gasteiger partial charge in [-0.15, -0.1) is 10.2 Å². The van der Waals surface area contributed by atoms with Crippen molar-refractivity contribution >= 4 is 77.1 Å². The van der Waals surface area contributed by atoms with Crippen LogP contribution in [0, 0.1) is 11.3 Å². The number of rotatable bonds is 11. The molecule has 0 radical (unpaired) electrons. The van der Waals surface area contributed by atoms with Crippen LogP contribution in [0.15, 0.2) is 75.8 Å². The molecule has 4 rings (SSSR count). The molecule has 49 heavy (non-hydrogen) atoms. The molecule has 0 aliphatic heterocycles. The van der Waals surface area contributed by atoms with Crippen LogP contribution in [0.25, 0.3) is 10.8 Å². The van der Waals surface area contributed by atoms with E-state index < -0.39 is 59.6 Å². The minimum absolute atomic E-state index is 0. The number of carboxylic acid groups (broad SMARTS) is 2. The average Bonchev–Trinajstić information content (AvgIpc) is 3.00. The fraction of sp³-hybridized carbons (Fsp3) is 0.103. The Morgan fingerprint density at radius 3 is 2.02 bits per heavy atom. The van der Waals surface area contributed by atoms with Crippen LogP contribution in [-0.2, 0) is 24.8 Å². The van der Waals surface area contributed by atoms with Gasteiger partial charge >= 0.3 is 59.1 Å². The molecule has 4 aromatic rings. The van der Waals surface area contributed by atoms with Gasteiger partial charge in [0.15, 0.2) is 0 Å². The van der Waals surface area contributed by atoms with E-state index in [9.17, 15) is 51.8 Å². The summed E-state index contributed by atoms with van der Waals surface area (Å²) < 4.78 is 54.6. The third-order valence-electron chi connectivity index (χ3n) is 6.32. The third-order valence-corrected chi connectivity index (χ3v) is 8.29. The van der Waals surface area contributed by atoms with Gasteiger partial charge in [-0.05, 0) is 59.7 Å². The van der Waals surface area contributed by atoms with E-state index >= 15 is 0 Å². The summed E-state index contributed by atoms with van der Waals surface area (Å²) in [6, 6.07) is 12.8. The number of phenolic OH excluding ortho intramolecular Hbond substituents is 1. The molecule has 1 amide bonds. The molecule has 0 aliphatic carbocycles. The molecular formula is C29H22N6Na2O10S2. The number of fused-ring (bicyclic) bond motifs is 1. The molecule has 0 spiro atoms. The summed E-state index contributed by atoms with van der Waals surface area (Å²) >= 11 is 0. The number of aromatic carboxylic acids is 2. The van der Waals surface area contributed by atoms with Gasteiger partial charge in [-0.2, -0.15) is 5.26 Å². The Hall–Kier alpha value is -4.06. The van der Waals surface area contributed by atoms with E-state index in [0.717, 1.165) is 42.7 Å². The molecule has 0 fully saturated rings. The number of sulfonamides is 2. The van der Waals surface area contributed by atoms with Crippen molar-refractivity contribution in [2.45, 2.75) is 18.2 Å². The van der Waals surface area contributed by atoms with Gasteiger partial charge in [0.2, 0.25) is 15.9 Å². The number of carbonyl (C=O) groups is 3. The minimum atomic E-state index is -4.52. The minimum Gasteiger partial charge on any atom is -0.545 e. The standard InChI is InChI=1S/C29H24N6O10S2.2Na/c1-3-25(36)31-24-13-23(26-20(27(24)37)5-4-6-22(26)35-46(2,42)43)33-32-21-8-7-19(12-17(21)14-30)47(44,45)34-18-10-15(28(38)39)9-16(11-18)29(40)41;;/h4-13,34-35,37H,3H2,1-2H3,(H,31,36)(H,38,39)(H,40,41);;/q;2*+1/p-2. The third kappa shape index (κ3) is 9.99. The number of carboxylic acids is 2. The van der Waals surface area contributed by atoms with E-state index in [1.165, 1.54) is 24.3 Å². The van der Waals surface area contributed by atoms with E-state index in [-0.39, 0.29) is 110 Å². The van der Waals surface area contributed by atoms with E-state index in [1.807, 2.05) is 4.72 Å². The molecule has 0 saturated heterocycles. The van der Waals surface area contributed by atoms with Crippen LogP contribution in [0.3, 0.4) is 0 Å². The Morgan fingerprint density at radius 1 is 0.857 bits per heavy atom. The first-order valence-corrected chi connectivity index (χ1v) is 16.5. The quantitative estimate of drug-likeness (QED) is 0.0659. The average molecular weight is 725 g/mol. The summed E-state index contributed by atoms with van der Waals surface area (Å²) in [4.78, 5) is 34.2. The maximum atomic E-state index is 13.1. The molecule has 0 atom stereocenters. The number of benzene rings is 4. The summed E-state index contributed by atoms with van der Waals surface area (Å²) in [6.45, 7) is 1.58. The van der Waals surface area contributed by atoms with Crippen LogP contribution in [0.1, 0.15) is 39.6 Å². The van der Waals surface area contributed by atoms with Crippen molar-refractivity contribution in [1.82, 2.24) is 0 Å². The molecule has 4 aromatic carbocycles. The Labute approximate surface area is 323 Å². The van der Waals surface area contributed by atoms with Crippen LogP contribution < -0.4 is 84.1 Å². The monoisotopic (exact) mass is 724 g/mol. The van der Waals surface area contributed by atoms with Gasteiger partial charge in [-0.25, -0.2) is 16.8 Å². The molecular weight excluding hydrogens is 702 g/mol. The van der Waals surface area contributed by atoms with E-state index in [4.69, 9.17) is 0 Å². The fourth-order valence-electron chi connectivity index (χ4n) is 4.25. The molecule has 0 aromatic heterocycles. The second-order valence-corrected chi connectivity index (χ2v) is 13.2. The zero-order chi connectivity index (χ0) is 34.7. The normalized spacial score (nSPS) is 11.1. The van der Waals surface area contributed by atoms with Crippen LogP contribution in [0.4, 0.5) is 28.4 Å². The number of carbonyl (C=O) groups excluding carboxylic acids is 3. The summed E-state index contributed by atoms with van der Waals surface area (Å²) in [5, 5.41) is 54.1. The second-order valence-electron chi connectivity index (χ2n) is 9.77. The van der Waals surface area contributed by atoms with Crippen molar-refractivity contribution in [2.24, 2.45) is 10.2 Å². The van der Waals surface area contributed by atoms with Gasteiger partial charge in [0.05, 0.1) is 51.4 Å². The molecule has 0 saturated carbocycles. The molecule has 0 heterocycles. The first-order valence-electron chi connectivity index (χ1n) is 13.2. The predicted octanol–water partition coefficient (Wildman–Crippen LogP) is -3.91. The molecule has 242 valence electrons. The van der Waals surface area contributed by atoms with Crippen molar-refractivity contribution in [3.05, 3.63) is 77.4 Å². The number of nitriles is 1. The van der Waals surface area contributed by atoms with Gasteiger partial charge in [-0.1, -0.05) is 19.1 Å². The summed E-state index contributed by atoms with van der Waals surface area (Å²) in [7, 11) is -8.33. The molecule has 0 bridgehead atoms. The number of nitrogens with zero attached hydrogens (tertiary/aromatic N) is 3. The number of aromatic hydroxyl groups is 1. The number of hydrogen-bond donors (Lipinski definition) is 4. The molecule has 16 nitrogen and oxygen atoms in total. The van der Waals surface area contributed by atoms with Gasteiger partial charge in [0, 0.05) is 17.2 Å². The van der Waals surface area contributed by atoms with Crippen molar-refractivity contribution < 1.29 is 106 Å². The largest absolute Gasteiger partial charge is 1.00 e. The molecule has 4 N–H and O–H groups in total. The maximum absolute atomic E-state index is 13.1. The van der Waals surface area contributed by atoms with Crippen molar-refractivity contribution in [3.63, 3.8) is 0 Å². The van der Waals surface area contributed by atoms with Gasteiger partial charge < -0.3 is 30.2 Å². The Kier molecular flexibility index (Phi) is 13.9. The number of anilines is 3. The van der Waals surface area contributed by atoms with E-state index in [2.05, 4.69) is 20.3 Å². The van der Waals surface area contributed by atoms with Gasteiger partial charge in [0.1, 0.15) is 17.5 Å². The van der Waals surface area contributed by atoms with Crippen LogP contribution in [0.5, 0.6) is 5.75 Å². The zero-order valence-electron chi connectivity index (χ0n) is 26.3. The van der Waals surface area contributed by atoms with Crippen molar-refractivity contribution in [2.75, 3.05) is 21.0 Å². The second kappa shape index (κ2) is 16.6. The van der Waals surface area contributed by atoms with E-state index in [1.54, 1.807) is 13.0 Å². The van der Waals surface area contributed by atoms with Crippen LogP contribution >= 0.6 is 0 Å². The van der Waals surface area contributed by atoms with Gasteiger partial charge in [0.25, 0.3) is 10.0 Å². The number of azo groups is 1. The number of phenols is 1. The predicted molar refractivity (Wildman–Crippen MR) is 164 cm³/mol. The number of nitrogens with one attached hydrogen (secondary N) is 3. The maximum Gasteiger partial charge on any atom is 1.00 e. The van der Waals surface area contributed by atoms with Crippen molar-refractivity contribution in [1.29, 1.82) is 5.26 Å². The number of hydrogen-bond acceptors (Lipinski definition) is 13. The Bertz CT molecular complexity index is 2240. The molecule has 0 unspecified atom stereocenters. The summed E-state index contributed by atoms with van der Waals surface area (Å²) in [5.41, 5.74) is -2.23. The zero-order valence-corrected chi connectivity index (χ0v) is 31.9. The first-order chi connectivity index (χ1) is 22.0. The summed E-state index contributed by atoms with van der Waals surface area (Å²) in [6.07, 6.45) is 0.981. The smallest absolute Gasteiger partial charge is 0.545 e. The molecule has 20 heteroatoms. The number of amides is 1. The Morgan fingerprint density at radius 2 is 1.47 bits per heavy atom. The van der Waals surface area contributed by atoms with Crippen molar-refractivity contribution in [3.8, 4) is 11.8 Å². The van der Waals surface area contributed by atoms with Crippen LogP contribution in [-0.4, -0.2) is 46.0 Å². The fourth-order valence-corrected chi connectivity index (χ4v) is 5.88. The molecule has 0 aliphatic rings.